The molecule has 3 N–H and O–H groups in total. The molecule has 0 saturated carbocycles. The Morgan fingerprint density at radius 1 is 1.41 bits per heavy atom. The van der Waals surface area contributed by atoms with Crippen molar-refractivity contribution in [1.29, 1.82) is 0 Å². The average molecular weight is 256 g/mol. The Bertz CT molecular complexity index is 495. The second kappa shape index (κ2) is 3.83. The highest BCUT2D eigenvalue weighted by Gasteiger charge is 2.44. The summed E-state index contributed by atoms with van der Waals surface area (Å²) in [7, 11) is -3.56. The molecule has 94 valence electrons. The fraction of sp³-hybridized carbons (Fsp3) is 0.636. The van der Waals surface area contributed by atoms with Gasteiger partial charge in [-0.2, -0.15) is 0 Å². The van der Waals surface area contributed by atoms with E-state index in [0.29, 0.717) is 17.2 Å². The number of piperidine rings is 1. The molecule has 0 aromatic rings. The van der Waals surface area contributed by atoms with Gasteiger partial charge in [0.1, 0.15) is 11.9 Å². The summed E-state index contributed by atoms with van der Waals surface area (Å²) in [5.41, 5.74) is 0. The zero-order valence-corrected chi connectivity index (χ0v) is 10.2. The van der Waals surface area contributed by atoms with Crippen LogP contribution in [0.2, 0.25) is 0 Å². The van der Waals surface area contributed by atoms with Crippen LogP contribution in [0.1, 0.15) is 12.8 Å². The van der Waals surface area contributed by atoms with Crippen molar-refractivity contribution in [3.05, 3.63) is 22.8 Å². The number of allylic oxidation sites excluding steroid dienone is 4. The van der Waals surface area contributed by atoms with Gasteiger partial charge in [-0.05, 0) is 31.5 Å². The molecule has 3 aliphatic rings. The molecule has 2 fully saturated rings. The Kier molecular flexibility index (Phi) is 2.53. The normalized spacial score (nSPS) is 36.4. The molecule has 6 heteroatoms. The van der Waals surface area contributed by atoms with Crippen LogP contribution < -0.4 is 10.5 Å². The second-order valence-corrected chi connectivity index (χ2v) is 6.48. The van der Waals surface area contributed by atoms with Crippen molar-refractivity contribution in [3.8, 4) is 0 Å². The van der Waals surface area contributed by atoms with Crippen molar-refractivity contribution in [2.75, 3.05) is 13.1 Å². The first-order valence-electron chi connectivity index (χ1n) is 5.86. The predicted molar refractivity (Wildman–Crippen MR) is 63.2 cm³/mol. The van der Waals surface area contributed by atoms with Crippen LogP contribution in [0.3, 0.4) is 0 Å². The molecule has 0 aromatic heterocycles. The molecule has 0 spiro atoms. The second-order valence-electron chi connectivity index (χ2n) is 4.87. The lowest BCUT2D eigenvalue weighted by Crippen LogP contribution is -2.40. The van der Waals surface area contributed by atoms with Gasteiger partial charge < -0.3 is 10.1 Å². The van der Waals surface area contributed by atoms with Crippen LogP contribution in [0.5, 0.6) is 0 Å². The number of rotatable bonds is 1. The van der Waals surface area contributed by atoms with Gasteiger partial charge in [-0.25, -0.2) is 13.6 Å². The largest absolute Gasteiger partial charge is 0.493 e. The first-order valence-corrected chi connectivity index (χ1v) is 7.41. The topological polar surface area (TPSA) is 81.4 Å². The summed E-state index contributed by atoms with van der Waals surface area (Å²) >= 11 is 0. The van der Waals surface area contributed by atoms with E-state index in [4.69, 9.17) is 9.88 Å². The summed E-state index contributed by atoms with van der Waals surface area (Å²) in [5, 5.41) is 8.48. The minimum Gasteiger partial charge on any atom is -0.493 e. The third kappa shape index (κ3) is 1.90. The maximum absolute atomic E-state index is 11.4. The van der Waals surface area contributed by atoms with E-state index in [1.807, 2.05) is 0 Å². The zero-order chi connectivity index (χ0) is 12.0. The van der Waals surface area contributed by atoms with Crippen LogP contribution in [0.15, 0.2) is 22.8 Å². The highest BCUT2D eigenvalue weighted by atomic mass is 32.2. The Balaban J connectivity index is 1.88. The lowest BCUT2D eigenvalue weighted by molar-refractivity contribution is 0.108. The molecule has 3 unspecified atom stereocenters. The number of hydrogen-bond donors (Lipinski definition) is 2. The van der Waals surface area contributed by atoms with E-state index in [1.165, 1.54) is 0 Å². The van der Waals surface area contributed by atoms with E-state index in [0.717, 1.165) is 25.3 Å². The lowest BCUT2D eigenvalue weighted by Gasteiger charge is -2.27. The first-order chi connectivity index (χ1) is 8.05. The minimum atomic E-state index is -3.56. The fourth-order valence-corrected chi connectivity index (χ4v) is 3.67. The molecule has 2 heterocycles. The summed E-state index contributed by atoms with van der Waals surface area (Å²) in [5.74, 6) is 1.55. The van der Waals surface area contributed by atoms with E-state index in [2.05, 4.69) is 5.32 Å². The van der Waals surface area contributed by atoms with E-state index in [-0.39, 0.29) is 12.0 Å². The number of fused-ring (bicyclic) bond motifs is 3. The molecule has 2 aliphatic heterocycles. The van der Waals surface area contributed by atoms with E-state index in [9.17, 15) is 8.42 Å². The van der Waals surface area contributed by atoms with Crippen LogP contribution in [0, 0.1) is 11.8 Å². The third-order valence-corrected chi connectivity index (χ3v) is 4.90. The van der Waals surface area contributed by atoms with Gasteiger partial charge in [0, 0.05) is 18.4 Å². The minimum absolute atomic E-state index is 0.188. The quantitative estimate of drug-likeness (QED) is 0.695. The van der Waals surface area contributed by atoms with Gasteiger partial charge in [0.05, 0.1) is 4.91 Å². The molecular formula is C11H16N2O3S. The molecule has 5 nitrogen and oxygen atoms in total. The monoisotopic (exact) mass is 256 g/mol. The Labute approximate surface area is 101 Å². The average Bonchev–Trinajstić information content (AvgIpc) is 2.65. The van der Waals surface area contributed by atoms with E-state index >= 15 is 0 Å². The fourth-order valence-electron chi connectivity index (χ4n) is 3.00. The Morgan fingerprint density at radius 2 is 2.24 bits per heavy atom. The van der Waals surface area contributed by atoms with Crippen molar-refractivity contribution in [2.45, 2.75) is 18.9 Å². The summed E-state index contributed by atoms with van der Waals surface area (Å²) in [4.78, 5) is 0.328. The van der Waals surface area contributed by atoms with Crippen LogP contribution in [-0.4, -0.2) is 27.6 Å². The zero-order valence-electron chi connectivity index (χ0n) is 9.43. The predicted octanol–water partition coefficient (Wildman–Crippen LogP) is 0.0709. The molecule has 1 aliphatic carbocycles. The maximum Gasteiger partial charge on any atom is 0.234 e. The number of ether oxygens (including phenoxy) is 1. The highest BCUT2D eigenvalue weighted by Crippen LogP contribution is 2.44. The highest BCUT2D eigenvalue weighted by molar-refractivity contribution is 7.93. The number of primary sulfonamides is 1. The van der Waals surface area contributed by atoms with Crippen LogP contribution in [0.25, 0.3) is 0 Å². The van der Waals surface area contributed by atoms with Crippen molar-refractivity contribution >= 4 is 10.0 Å². The maximum atomic E-state index is 11.4. The summed E-state index contributed by atoms with van der Waals surface area (Å²) in [6, 6.07) is 0. The smallest absolute Gasteiger partial charge is 0.234 e. The van der Waals surface area contributed by atoms with Crippen molar-refractivity contribution in [2.24, 2.45) is 17.0 Å². The van der Waals surface area contributed by atoms with Crippen molar-refractivity contribution < 1.29 is 13.2 Å². The third-order valence-electron chi connectivity index (χ3n) is 3.87. The van der Waals surface area contributed by atoms with Gasteiger partial charge in [-0.3, -0.25) is 0 Å². The van der Waals surface area contributed by atoms with Gasteiger partial charge in [0.15, 0.2) is 0 Å². The SMILES string of the molecule is NS(=O)(=O)C1=CC=C2OC3CNCCC3C2C1. The molecule has 17 heavy (non-hydrogen) atoms. The number of sulfonamides is 1. The van der Waals surface area contributed by atoms with E-state index < -0.39 is 10.0 Å². The number of hydrogen-bond acceptors (Lipinski definition) is 4. The van der Waals surface area contributed by atoms with Gasteiger partial charge in [0.2, 0.25) is 10.0 Å². The Hall–Kier alpha value is -0.850. The van der Waals surface area contributed by atoms with Crippen LogP contribution in [-0.2, 0) is 14.8 Å². The molecule has 3 rings (SSSR count). The number of nitrogens with two attached hydrogens (primary N) is 1. The molecule has 0 amide bonds. The summed E-state index contributed by atoms with van der Waals surface area (Å²) in [6.07, 6.45) is 5.06. The Morgan fingerprint density at radius 3 is 3.00 bits per heavy atom. The van der Waals surface area contributed by atoms with Gasteiger partial charge in [-0.1, -0.05) is 0 Å². The molecular weight excluding hydrogens is 240 g/mol. The van der Waals surface area contributed by atoms with Crippen LogP contribution >= 0.6 is 0 Å². The van der Waals surface area contributed by atoms with Gasteiger partial charge >= 0.3 is 0 Å². The lowest BCUT2D eigenvalue weighted by atomic mass is 9.81. The summed E-state index contributed by atoms with van der Waals surface area (Å²) in [6.45, 7) is 1.83. The van der Waals surface area contributed by atoms with Crippen molar-refractivity contribution in [3.63, 3.8) is 0 Å². The molecule has 2 saturated heterocycles. The van der Waals surface area contributed by atoms with Gasteiger partial charge in [0.25, 0.3) is 0 Å². The first kappa shape index (κ1) is 11.3. The van der Waals surface area contributed by atoms with E-state index in [1.54, 1.807) is 12.2 Å². The van der Waals surface area contributed by atoms with Crippen LogP contribution in [0.4, 0.5) is 0 Å². The van der Waals surface area contributed by atoms with Crippen molar-refractivity contribution in [1.82, 2.24) is 5.32 Å². The summed E-state index contributed by atoms with van der Waals surface area (Å²) < 4.78 is 28.6. The molecule has 3 atom stereocenters. The standard InChI is InChI=1S/C11H16N2O3S/c12-17(14,15)7-1-2-10-9(5-7)8-3-4-13-6-11(8)16-10/h1-2,8-9,11,13H,3-6H2,(H2,12,14,15). The molecule has 0 aromatic carbocycles. The molecule has 0 radical (unpaired) electrons. The van der Waals surface area contributed by atoms with Gasteiger partial charge in [-0.15, -0.1) is 0 Å². The molecule has 0 bridgehead atoms. The number of nitrogens with one attached hydrogen (secondary N) is 1.